The van der Waals surface area contributed by atoms with Gasteiger partial charge in [0.1, 0.15) is 11.5 Å². The summed E-state index contributed by atoms with van der Waals surface area (Å²) in [6.07, 6.45) is 2.24. The number of ether oxygens (including phenoxy) is 2. The van der Waals surface area contributed by atoms with Crippen LogP contribution in [0.15, 0.2) is 36.5 Å². The summed E-state index contributed by atoms with van der Waals surface area (Å²) >= 11 is 0. The molecule has 0 fully saturated rings. The number of aldehydes is 1. The Hall–Kier alpha value is -2.36. The second-order valence-corrected chi connectivity index (χ2v) is 3.79. The van der Waals surface area contributed by atoms with E-state index in [0.29, 0.717) is 17.2 Å². The van der Waals surface area contributed by atoms with Gasteiger partial charge in [-0.2, -0.15) is 0 Å². The fraction of sp³-hybridized carbons (Fsp3) is 0.143. The molecule has 0 aliphatic heterocycles. The van der Waals surface area contributed by atoms with Gasteiger partial charge in [0, 0.05) is 23.4 Å². The molecule has 1 aromatic heterocycles. The summed E-state index contributed by atoms with van der Waals surface area (Å²) in [4.78, 5) is 14.7. The predicted octanol–water partition coefficient (Wildman–Crippen LogP) is 3.00. The van der Waals surface area contributed by atoms with Crippen molar-refractivity contribution in [3.05, 3.63) is 47.7 Å². The SMILES string of the molecule is COc1cccc(Oc2ncc(C=O)cc2C)c1. The third-order valence-corrected chi connectivity index (χ3v) is 2.44. The van der Waals surface area contributed by atoms with Gasteiger partial charge in [-0.05, 0) is 25.1 Å². The van der Waals surface area contributed by atoms with Crippen LogP contribution in [-0.4, -0.2) is 18.4 Å². The van der Waals surface area contributed by atoms with Gasteiger partial charge >= 0.3 is 0 Å². The van der Waals surface area contributed by atoms with Crippen LogP contribution in [0.5, 0.6) is 17.4 Å². The van der Waals surface area contributed by atoms with Crippen LogP contribution in [0.3, 0.4) is 0 Å². The zero-order valence-electron chi connectivity index (χ0n) is 10.2. The van der Waals surface area contributed by atoms with E-state index >= 15 is 0 Å². The number of carbonyl (C=O) groups is 1. The molecule has 0 saturated heterocycles. The Morgan fingerprint density at radius 2 is 2.00 bits per heavy atom. The van der Waals surface area contributed by atoms with Gasteiger partial charge in [0.25, 0.3) is 0 Å². The van der Waals surface area contributed by atoms with Gasteiger partial charge in [-0.25, -0.2) is 4.98 Å². The summed E-state index contributed by atoms with van der Waals surface area (Å²) < 4.78 is 10.8. The van der Waals surface area contributed by atoms with Gasteiger partial charge in [0.15, 0.2) is 6.29 Å². The molecule has 0 N–H and O–H groups in total. The molecule has 0 aliphatic rings. The van der Waals surface area contributed by atoms with E-state index in [4.69, 9.17) is 9.47 Å². The molecule has 0 aliphatic carbocycles. The highest BCUT2D eigenvalue weighted by Gasteiger charge is 2.05. The monoisotopic (exact) mass is 243 g/mol. The number of carbonyl (C=O) groups excluding carboxylic acids is 1. The van der Waals surface area contributed by atoms with Crippen LogP contribution in [0, 0.1) is 6.92 Å². The number of benzene rings is 1. The lowest BCUT2D eigenvalue weighted by atomic mass is 10.2. The minimum Gasteiger partial charge on any atom is -0.497 e. The van der Waals surface area contributed by atoms with Crippen molar-refractivity contribution in [3.63, 3.8) is 0 Å². The summed E-state index contributed by atoms with van der Waals surface area (Å²) in [5, 5.41) is 0. The number of pyridine rings is 1. The van der Waals surface area contributed by atoms with E-state index in [1.165, 1.54) is 6.20 Å². The van der Waals surface area contributed by atoms with Crippen LogP contribution in [0.25, 0.3) is 0 Å². The van der Waals surface area contributed by atoms with E-state index in [0.717, 1.165) is 17.6 Å². The van der Waals surface area contributed by atoms with E-state index in [-0.39, 0.29) is 0 Å². The maximum Gasteiger partial charge on any atom is 0.222 e. The van der Waals surface area contributed by atoms with Crippen LogP contribution in [0.2, 0.25) is 0 Å². The lowest BCUT2D eigenvalue weighted by Crippen LogP contribution is -1.93. The number of hydrogen-bond acceptors (Lipinski definition) is 4. The number of hydrogen-bond donors (Lipinski definition) is 0. The number of aromatic nitrogens is 1. The standard InChI is InChI=1S/C14H13NO3/c1-10-6-11(9-16)8-15-14(10)18-13-5-3-4-12(7-13)17-2/h3-9H,1-2H3. The van der Waals surface area contributed by atoms with Crippen LogP contribution < -0.4 is 9.47 Å². The molecule has 92 valence electrons. The van der Waals surface area contributed by atoms with Crippen molar-refractivity contribution in [1.82, 2.24) is 4.98 Å². The minimum atomic E-state index is 0.480. The third kappa shape index (κ3) is 2.66. The van der Waals surface area contributed by atoms with Crippen molar-refractivity contribution >= 4 is 6.29 Å². The summed E-state index contributed by atoms with van der Waals surface area (Å²) in [7, 11) is 1.60. The molecular weight excluding hydrogens is 230 g/mol. The zero-order valence-corrected chi connectivity index (χ0v) is 10.2. The first-order chi connectivity index (χ1) is 8.72. The van der Waals surface area contributed by atoms with Gasteiger partial charge in [-0.3, -0.25) is 4.79 Å². The van der Waals surface area contributed by atoms with E-state index < -0.39 is 0 Å². The first kappa shape index (κ1) is 12.1. The summed E-state index contributed by atoms with van der Waals surface area (Å²) in [6, 6.07) is 8.99. The quantitative estimate of drug-likeness (QED) is 0.774. The Kier molecular flexibility index (Phi) is 3.57. The van der Waals surface area contributed by atoms with Crippen molar-refractivity contribution in [3.8, 4) is 17.4 Å². The molecule has 0 unspecified atom stereocenters. The molecule has 0 atom stereocenters. The molecular formula is C14H13NO3. The smallest absolute Gasteiger partial charge is 0.222 e. The van der Waals surface area contributed by atoms with E-state index in [9.17, 15) is 4.79 Å². The van der Waals surface area contributed by atoms with Gasteiger partial charge in [0.05, 0.1) is 7.11 Å². The summed E-state index contributed by atoms with van der Waals surface area (Å²) in [5.74, 6) is 1.84. The molecule has 1 aromatic carbocycles. The predicted molar refractivity (Wildman–Crippen MR) is 67.4 cm³/mol. The molecule has 0 amide bonds. The highest BCUT2D eigenvalue weighted by Crippen LogP contribution is 2.25. The molecule has 18 heavy (non-hydrogen) atoms. The molecule has 4 heteroatoms. The molecule has 0 spiro atoms. The second-order valence-electron chi connectivity index (χ2n) is 3.79. The maximum atomic E-state index is 10.6. The molecule has 0 radical (unpaired) electrons. The fourth-order valence-electron chi connectivity index (χ4n) is 1.53. The Morgan fingerprint density at radius 1 is 1.22 bits per heavy atom. The van der Waals surface area contributed by atoms with Crippen LogP contribution in [0.1, 0.15) is 15.9 Å². The topological polar surface area (TPSA) is 48.4 Å². The highest BCUT2D eigenvalue weighted by atomic mass is 16.5. The largest absolute Gasteiger partial charge is 0.497 e. The number of methoxy groups -OCH3 is 1. The van der Waals surface area contributed by atoms with Gasteiger partial charge in [0.2, 0.25) is 5.88 Å². The third-order valence-electron chi connectivity index (χ3n) is 2.44. The number of aryl methyl sites for hydroxylation is 1. The van der Waals surface area contributed by atoms with Gasteiger partial charge < -0.3 is 9.47 Å². The number of nitrogens with zero attached hydrogens (tertiary/aromatic N) is 1. The average molecular weight is 243 g/mol. The van der Waals surface area contributed by atoms with Crippen LogP contribution in [-0.2, 0) is 0 Å². The Balaban J connectivity index is 2.25. The van der Waals surface area contributed by atoms with Crippen molar-refractivity contribution in [2.24, 2.45) is 0 Å². The Bertz CT molecular complexity index is 567. The Labute approximate surface area is 105 Å². The van der Waals surface area contributed by atoms with E-state index in [1.54, 1.807) is 19.2 Å². The summed E-state index contributed by atoms with van der Waals surface area (Å²) in [5.41, 5.74) is 1.34. The fourth-order valence-corrected chi connectivity index (χ4v) is 1.53. The molecule has 2 rings (SSSR count). The maximum absolute atomic E-state index is 10.6. The molecule has 4 nitrogen and oxygen atoms in total. The lowest BCUT2D eigenvalue weighted by Gasteiger charge is -2.08. The minimum absolute atomic E-state index is 0.480. The summed E-state index contributed by atoms with van der Waals surface area (Å²) in [6.45, 7) is 1.84. The van der Waals surface area contributed by atoms with Crippen molar-refractivity contribution in [1.29, 1.82) is 0 Å². The molecule has 1 heterocycles. The normalized spacial score (nSPS) is 9.89. The van der Waals surface area contributed by atoms with Crippen molar-refractivity contribution in [2.45, 2.75) is 6.92 Å². The molecule has 0 bridgehead atoms. The molecule has 0 saturated carbocycles. The van der Waals surface area contributed by atoms with Crippen LogP contribution in [0.4, 0.5) is 0 Å². The van der Waals surface area contributed by atoms with Crippen molar-refractivity contribution in [2.75, 3.05) is 7.11 Å². The highest BCUT2D eigenvalue weighted by molar-refractivity contribution is 5.74. The van der Waals surface area contributed by atoms with Crippen molar-refractivity contribution < 1.29 is 14.3 Å². The lowest BCUT2D eigenvalue weighted by molar-refractivity contribution is 0.112. The number of rotatable bonds is 4. The van der Waals surface area contributed by atoms with E-state index in [1.807, 2.05) is 25.1 Å². The van der Waals surface area contributed by atoms with Gasteiger partial charge in [-0.15, -0.1) is 0 Å². The molecule has 2 aromatic rings. The zero-order chi connectivity index (χ0) is 13.0. The average Bonchev–Trinajstić information content (AvgIpc) is 2.41. The first-order valence-corrected chi connectivity index (χ1v) is 5.46. The van der Waals surface area contributed by atoms with E-state index in [2.05, 4.69) is 4.98 Å². The second kappa shape index (κ2) is 5.31. The Morgan fingerprint density at radius 3 is 2.67 bits per heavy atom. The van der Waals surface area contributed by atoms with Gasteiger partial charge in [-0.1, -0.05) is 6.07 Å². The van der Waals surface area contributed by atoms with Crippen LogP contribution >= 0.6 is 0 Å². The first-order valence-electron chi connectivity index (χ1n) is 5.46.